The summed E-state index contributed by atoms with van der Waals surface area (Å²) < 4.78 is 0. The van der Waals surface area contributed by atoms with Gasteiger partial charge >= 0.3 is 0 Å². The Morgan fingerprint density at radius 2 is 2.15 bits per heavy atom. The zero-order valence-electron chi connectivity index (χ0n) is 8.03. The van der Waals surface area contributed by atoms with Gasteiger partial charge in [-0.1, -0.05) is 0 Å². The first-order valence-corrected chi connectivity index (χ1v) is 4.86. The van der Waals surface area contributed by atoms with Gasteiger partial charge in [0.2, 0.25) is 0 Å². The van der Waals surface area contributed by atoms with E-state index in [0.29, 0.717) is 0 Å². The summed E-state index contributed by atoms with van der Waals surface area (Å²) in [7, 11) is 1.92. The Labute approximate surface area is 79.3 Å². The fourth-order valence-electron chi connectivity index (χ4n) is 2.10. The highest BCUT2D eigenvalue weighted by Crippen LogP contribution is 2.45. The molecule has 0 spiro atoms. The van der Waals surface area contributed by atoms with Crippen molar-refractivity contribution in [1.29, 1.82) is 0 Å². The van der Waals surface area contributed by atoms with Crippen LogP contribution in [0.5, 0.6) is 0 Å². The third-order valence-electron chi connectivity index (χ3n) is 2.90. The Bertz CT molecular complexity index is 235. The minimum Gasteiger partial charge on any atom is -0.405 e. The first-order chi connectivity index (χ1) is 6.35. The normalized spacial score (nSPS) is 32.4. The molecule has 0 radical (unpaired) electrons. The molecule has 2 aliphatic rings. The van der Waals surface area contributed by atoms with Crippen LogP contribution >= 0.6 is 0 Å². The van der Waals surface area contributed by atoms with Crippen molar-refractivity contribution in [3.63, 3.8) is 0 Å². The lowest BCUT2D eigenvalue weighted by molar-refractivity contribution is 0.391. The molecule has 0 amide bonds. The standard InChI is InChI=1S/C10H17N3/c1-12-5-10(2-3-11)13-6-8-4-9(8)7-13/h2-3,5,8-9,12H,4,6-7,11H2,1H3/b3-2-,10-5?. The summed E-state index contributed by atoms with van der Waals surface area (Å²) in [6.45, 7) is 2.42. The highest BCUT2D eigenvalue weighted by atomic mass is 15.2. The van der Waals surface area contributed by atoms with Crippen LogP contribution in [0, 0.1) is 11.8 Å². The number of rotatable bonds is 3. The zero-order chi connectivity index (χ0) is 9.26. The van der Waals surface area contributed by atoms with Crippen LogP contribution in [0.1, 0.15) is 6.42 Å². The van der Waals surface area contributed by atoms with Crippen molar-refractivity contribution in [1.82, 2.24) is 10.2 Å². The van der Waals surface area contributed by atoms with Crippen molar-refractivity contribution in [3.05, 3.63) is 24.2 Å². The molecule has 72 valence electrons. The predicted molar refractivity (Wildman–Crippen MR) is 53.6 cm³/mol. The number of allylic oxidation sites excluding steroid dienone is 1. The maximum absolute atomic E-state index is 5.40. The zero-order valence-corrected chi connectivity index (χ0v) is 8.03. The Morgan fingerprint density at radius 3 is 2.69 bits per heavy atom. The van der Waals surface area contributed by atoms with Gasteiger partial charge in [0.1, 0.15) is 0 Å². The second-order valence-electron chi connectivity index (χ2n) is 3.88. The number of piperidine rings is 1. The van der Waals surface area contributed by atoms with Crippen LogP contribution in [0.4, 0.5) is 0 Å². The first kappa shape index (κ1) is 8.48. The number of likely N-dealkylation sites (tertiary alicyclic amines) is 1. The van der Waals surface area contributed by atoms with Gasteiger partial charge in [0.05, 0.1) is 5.70 Å². The van der Waals surface area contributed by atoms with Gasteiger partial charge in [0, 0.05) is 26.3 Å². The summed E-state index contributed by atoms with van der Waals surface area (Å²) in [4.78, 5) is 2.40. The van der Waals surface area contributed by atoms with Crippen LogP contribution in [-0.4, -0.2) is 25.0 Å². The smallest absolute Gasteiger partial charge is 0.0540 e. The minimum absolute atomic E-state index is 0.964. The molecule has 0 aromatic rings. The van der Waals surface area contributed by atoms with Gasteiger partial charge in [-0.3, -0.25) is 0 Å². The van der Waals surface area contributed by atoms with Crippen molar-refractivity contribution in [3.8, 4) is 0 Å². The van der Waals surface area contributed by atoms with Gasteiger partial charge in [0.15, 0.2) is 0 Å². The van der Waals surface area contributed by atoms with E-state index in [1.807, 2.05) is 19.3 Å². The predicted octanol–water partition coefficient (Wildman–Crippen LogP) is 0.471. The molecule has 3 N–H and O–H groups in total. The summed E-state index contributed by atoms with van der Waals surface area (Å²) in [5, 5.41) is 3.05. The van der Waals surface area contributed by atoms with Crippen molar-refractivity contribution in [2.24, 2.45) is 17.6 Å². The van der Waals surface area contributed by atoms with Crippen LogP contribution in [0.15, 0.2) is 24.2 Å². The molecule has 3 heteroatoms. The quantitative estimate of drug-likeness (QED) is 0.619. The highest BCUT2D eigenvalue weighted by molar-refractivity contribution is 5.19. The average molecular weight is 179 g/mol. The van der Waals surface area contributed by atoms with E-state index < -0.39 is 0 Å². The third-order valence-corrected chi connectivity index (χ3v) is 2.90. The van der Waals surface area contributed by atoms with Crippen LogP contribution in [0.3, 0.4) is 0 Å². The van der Waals surface area contributed by atoms with Crippen LogP contribution < -0.4 is 11.1 Å². The summed E-state index contributed by atoms with van der Waals surface area (Å²) in [5.74, 6) is 1.93. The minimum atomic E-state index is 0.964. The molecule has 2 fully saturated rings. The lowest BCUT2D eigenvalue weighted by Gasteiger charge is -2.21. The summed E-state index contributed by atoms with van der Waals surface area (Å²) in [6.07, 6.45) is 7.01. The molecule has 0 aromatic heterocycles. The SMILES string of the molecule is CNC=C(/C=C\N)N1CC2CC2C1. The molecular formula is C10H17N3. The molecule has 2 unspecified atom stereocenters. The number of nitrogens with two attached hydrogens (primary N) is 1. The number of nitrogens with one attached hydrogen (secondary N) is 1. The van der Waals surface area contributed by atoms with Crippen molar-refractivity contribution < 1.29 is 0 Å². The molecule has 1 aliphatic heterocycles. The Balaban J connectivity index is 1.99. The lowest BCUT2D eigenvalue weighted by atomic mass is 10.3. The van der Waals surface area contributed by atoms with Gasteiger partial charge in [-0.15, -0.1) is 0 Å². The van der Waals surface area contributed by atoms with E-state index in [1.165, 1.54) is 25.2 Å². The average Bonchev–Trinajstić information content (AvgIpc) is 2.73. The molecule has 1 heterocycles. The van der Waals surface area contributed by atoms with Gasteiger partial charge in [-0.2, -0.15) is 0 Å². The maximum Gasteiger partial charge on any atom is 0.0540 e. The van der Waals surface area contributed by atoms with E-state index >= 15 is 0 Å². The fourth-order valence-corrected chi connectivity index (χ4v) is 2.10. The molecule has 2 atom stereocenters. The van der Waals surface area contributed by atoms with Gasteiger partial charge in [0.25, 0.3) is 0 Å². The Kier molecular flexibility index (Phi) is 2.17. The summed E-state index contributed by atoms with van der Waals surface area (Å²) in [6, 6.07) is 0. The molecular weight excluding hydrogens is 162 g/mol. The van der Waals surface area contributed by atoms with E-state index in [2.05, 4.69) is 10.2 Å². The summed E-state index contributed by atoms with van der Waals surface area (Å²) in [5.41, 5.74) is 6.60. The van der Waals surface area contributed by atoms with Crippen LogP contribution in [-0.2, 0) is 0 Å². The van der Waals surface area contributed by atoms with Crippen molar-refractivity contribution in [2.45, 2.75) is 6.42 Å². The largest absolute Gasteiger partial charge is 0.405 e. The number of fused-ring (bicyclic) bond motifs is 1. The van der Waals surface area contributed by atoms with Crippen molar-refractivity contribution >= 4 is 0 Å². The van der Waals surface area contributed by atoms with Gasteiger partial charge in [-0.05, 0) is 30.5 Å². The Morgan fingerprint density at radius 1 is 1.46 bits per heavy atom. The van der Waals surface area contributed by atoms with E-state index in [0.717, 1.165) is 11.8 Å². The molecule has 1 saturated carbocycles. The third kappa shape index (κ3) is 1.64. The van der Waals surface area contributed by atoms with E-state index in [9.17, 15) is 0 Å². The fraction of sp³-hybridized carbons (Fsp3) is 0.600. The maximum atomic E-state index is 5.40. The van der Waals surface area contributed by atoms with Crippen LogP contribution in [0.2, 0.25) is 0 Å². The summed E-state index contributed by atoms with van der Waals surface area (Å²) >= 11 is 0. The number of nitrogens with zero attached hydrogens (tertiary/aromatic N) is 1. The second-order valence-corrected chi connectivity index (χ2v) is 3.88. The molecule has 1 saturated heterocycles. The number of hydrogen-bond donors (Lipinski definition) is 2. The topological polar surface area (TPSA) is 41.3 Å². The Hall–Kier alpha value is -1.12. The molecule has 0 bridgehead atoms. The van der Waals surface area contributed by atoms with E-state index in [1.54, 1.807) is 6.20 Å². The van der Waals surface area contributed by atoms with E-state index in [-0.39, 0.29) is 0 Å². The van der Waals surface area contributed by atoms with Crippen LogP contribution in [0.25, 0.3) is 0 Å². The number of hydrogen-bond acceptors (Lipinski definition) is 3. The molecule has 2 rings (SSSR count). The second kappa shape index (κ2) is 3.32. The molecule has 1 aliphatic carbocycles. The van der Waals surface area contributed by atoms with Gasteiger partial charge in [-0.25, -0.2) is 0 Å². The molecule has 0 aromatic carbocycles. The first-order valence-electron chi connectivity index (χ1n) is 4.86. The lowest BCUT2D eigenvalue weighted by Crippen LogP contribution is -2.22. The van der Waals surface area contributed by atoms with E-state index in [4.69, 9.17) is 5.73 Å². The molecule has 3 nitrogen and oxygen atoms in total. The van der Waals surface area contributed by atoms with Crippen molar-refractivity contribution in [2.75, 3.05) is 20.1 Å². The van der Waals surface area contributed by atoms with Gasteiger partial charge < -0.3 is 16.0 Å². The monoisotopic (exact) mass is 179 g/mol. The highest BCUT2D eigenvalue weighted by Gasteiger charge is 2.45. The molecule has 13 heavy (non-hydrogen) atoms.